The van der Waals surface area contributed by atoms with Crippen molar-refractivity contribution in [3.8, 4) is 5.75 Å². The van der Waals surface area contributed by atoms with E-state index in [2.05, 4.69) is 21.2 Å². The molecule has 1 aliphatic rings. The molecule has 0 aromatic heterocycles. The monoisotopic (exact) mass is 418 g/mol. The quantitative estimate of drug-likeness (QED) is 0.587. The van der Waals surface area contributed by atoms with Gasteiger partial charge in [-0.15, -0.1) is 0 Å². The summed E-state index contributed by atoms with van der Waals surface area (Å²) < 4.78 is 19.9. The number of likely N-dealkylation sites (N-methyl/N-ethyl adjacent to an activating group) is 1. The van der Waals surface area contributed by atoms with Gasteiger partial charge in [0.1, 0.15) is 23.9 Å². The van der Waals surface area contributed by atoms with Crippen LogP contribution in [0.25, 0.3) is 6.08 Å². The van der Waals surface area contributed by atoms with Gasteiger partial charge in [-0.1, -0.05) is 28.1 Å². The Hall–Kier alpha value is -2.67. The van der Waals surface area contributed by atoms with E-state index >= 15 is 0 Å². The van der Waals surface area contributed by atoms with Crippen LogP contribution in [0.15, 0.2) is 52.6 Å². The highest BCUT2D eigenvalue weighted by molar-refractivity contribution is 9.10. The summed E-state index contributed by atoms with van der Waals surface area (Å²) in [5.41, 5.74) is 1.50. The van der Waals surface area contributed by atoms with Crippen LogP contribution in [-0.4, -0.2) is 23.4 Å². The van der Waals surface area contributed by atoms with Gasteiger partial charge in [-0.3, -0.25) is 9.69 Å². The Morgan fingerprint density at radius 2 is 2.04 bits per heavy atom. The maximum absolute atomic E-state index is 13.3. The molecule has 1 aliphatic heterocycles. The number of rotatable bonds is 5. The highest BCUT2D eigenvalue weighted by atomic mass is 79.9. The molecule has 0 radical (unpaired) electrons. The van der Waals surface area contributed by atoms with Gasteiger partial charge in [-0.2, -0.15) is 0 Å². The highest BCUT2D eigenvalue weighted by Gasteiger charge is 2.32. The molecule has 0 aliphatic carbocycles. The first kappa shape index (κ1) is 18.1. The van der Waals surface area contributed by atoms with Crippen molar-refractivity contribution in [2.24, 2.45) is 0 Å². The standard InChI is InChI=1S/C19H16BrFN2O3/c1-2-23-18(24)16(22-19(23)25)10-13-9-14(20)6-7-17(13)26-11-12-4-3-5-15(21)8-12/h3-10H,2,11H2,1H3,(H,22,25)/b16-10+. The van der Waals surface area contributed by atoms with Crippen LogP contribution in [0.1, 0.15) is 18.1 Å². The molecule has 5 nitrogen and oxygen atoms in total. The molecule has 0 unspecified atom stereocenters. The number of imide groups is 1. The van der Waals surface area contributed by atoms with E-state index in [0.717, 1.165) is 9.37 Å². The van der Waals surface area contributed by atoms with Gasteiger partial charge in [-0.25, -0.2) is 9.18 Å². The molecule has 7 heteroatoms. The van der Waals surface area contributed by atoms with E-state index in [1.165, 1.54) is 12.1 Å². The summed E-state index contributed by atoms with van der Waals surface area (Å²) in [6.45, 7) is 2.20. The Bertz CT molecular complexity index is 898. The first-order chi connectivity index (χ1) is 12.5. The Kier molecular flexibility index (Phi) is 5.37. The topological polar surface area (TPSA) is 58.6 Å². The fourth-order valence-corrected chi connectivity index (χ4v) is 2.94. The zero-order valence-corrected chi connectivity index (χ0v) is 15.5. The van der Waals surface area contributed by atoms with Gasteiger partial charge in [-0.05, 0) is 48.9 Å². The van der Waals surface area contributed by atoms with Crippen LogP contribution in [0.4, 0.5) is 9.18 Å². The van der Waals surface area contributed by atoms with E-state index in [-0.39, 0.29) is 24.0 Å². The van der Waals surface area contributed by atoms with Gasteiger partial charge in [0, 0.05) is 16.6 Å². The number of urea groups is 1. The first-order valence-electron chi connectivity index (χ1n) is 7.99. The van der Waals surface area contributed by atoms with Crippen LogP contribution < -0.4 is 10.1 Å². The number of hydrogen-bond acceptors (Lipinski definition) is 3. The number of carbonyl (C=O) groups is 2. The fraction of sp³-hybridized carbons (Fsp3) is 0.158. The normalized spacial score (nSPS) is 15.5. The van der Waals surface area contributed by atoms with E-state index in [0.29, 0.717) is 23.4 Å². The minimum Gasteiger partial charge on any atom is -0.488 e. The van der Waals surface area contributed by atoms with E-state index in [4.69, 9.17) is 4.74 Å². The number of nitrogens with one attached hydrogen (secondary N) is 1. The average molecular weight is 419 g/mol. The molecular weight excluding hydrogens is 403 g/mol. The smallest absolute Gasteiger partial charge is 0.328 e. The maximum Gasteiger partial charge on any atom is 0.328 e. The molecule has 3 rings (SSSR count). The summed E-state index contributed by atoms with van der Waals surface area (Å²) in [6, 6.07) is 11.0. The van der Waals surface area contributed by atoms with Crippen molar-refractivity contribution in [2.75, 3.05) is 6.54 Å². The zero-order valence-electron chi connectivity index (χ0n) is 14.0. The molecule has 1 saturated heterocycles. The number of ether oxygens (including phenoxy) is 1. The maximum atomic E-state index is 13.3. The number of benzene rings is 2. The Labute approximate surface area is 158 Å². The number of hydrogen-bond donors (Lipinski definition) is 1. The zero-order chi connectivity index (χ0) is 18.7. The first-order valence-corrected chi connectivity index (χ1v) is 8.78. The molecule has 0 bridgehead atoms. The molecule has 2 aromatic rings. The molecule has 0 atom stereocenters. The molecule has 0 saturated carbocycles. The summed E-state index contributed by atoms with van der Waals surface area (Å²) >= 11 is 3.39. The molecule has 2 aromatic carbocycles. The van der Waals surface area contributed by atoms with Gasteiger partial charge in [0.05, 0.1) is 0 Å². The van der Waals surface area contributed by atoms with Crippen molar-refractivity contribution >= 4 is 33.9 Å². The van der Waals surface area contributed by atoms with E-state index in [1.807, 2.05) is 0 Å². The average Bonchev–Trinajstić information content (AvgIpc) is 2.87. The minimum atomic E-state index is -0.444. The highest BCUT2D eigenvalue weighted by Crippen LogP contribution is 2.27. The number of halogens is 2. The van der Waals surface area contributed by atoms with Crippen molar-refractivity contribution in [3.63, 3.8) is 0 Å². The van der Waals surface area contributed by atoms with Crippen LogP contribution in [-0.2, 0) is 11.4 Å². The third kappa shape index (κ3) is 3.94. The SMILES string of the molecule is CCN1C(=O)N/C(=C/c2cc(Br)ccc2OCc2cccc(F)c2)C1=O. The number of nitrogens with zero attached hydrogens (tertiary/aromatic N) is 1. The lowest BCUT2D eigenvalue weighted by molar-refractivity contribution is -0.122. The molecule has 0 spiro atoms. The molecule has 1 heterocycles. The summed E-state index contributed by atoms with van der Waals surface area (Å²) in [4.78, 5) is 25.2. The Balaban J connectivity index is 1.86. The van der Waals surface area contributed by atoms with Crippen LogP contribution in [0.5, 0.6) is 5.75 Å². The van der Waals surface area contributed by atoms with Gasteiger partial charge in [0.2, 0.25) is 0 Å². The lowest BCUT2D eigenvalue weighted by Gasteiger charge is -2.11. The fourth-order valence-electron chi connectivity index (χ4n) is 2.57. The molecule has 26 heavy (non-hydrogen) atoms. The van der Waals surface area contributed by atoms with Crippen LogP contribution in [0, 0.1) is 5.82 Å². The minimum absolute atomic E-state index is 0.178. The second kappa shape index (κ2) is 7.70. The third-order valence-corrected chi connectivity index (χ3v) is 4.33. The lowest BCUT2D eigenvalue weighted by atomic mass is 10.1. The summed E-state index contributed by atoms with van der Waals surface area (Å²) in [5.74, 6) is -0.196. The number of carbonyl (C=O) groups excluding carboxylic acids is 2. The largest absolute Gasteiger partial charge is 0.488 e. The van der Waals surface area contributed by atoms with Gasteiger partial charge in [0.15, 0.2) is 0 Å². The Morgan fingerprint density at radius 1 is 1.23 bits per heavy atom. The van der Waals surface area contributed by atoms with Crippen molar-refractivity contribution in [3.05, 3.63) is 69.6 Å². The second-order valence-electron chi connectivity index (χ2n) is 5.64. The summed E-state index contributed by atoms with van der Waals surface area (Å²) in [5, 5.41) is 2.56. The van der Waals surface area contributed by atoms with Crippen molar-refractivity contribution in [2.45, 2.75) is 13.5 Å². The molecule has 3 amide bonds. The molecular formula is C19H16BrFN2O3. The summed E-state index contributed by atoms with van der Waals surface area (Å²) in [6.07, 6.45) is 1.57. The Morgan fingerprint density at radius 3 is 2.73 bits per heavy atom. The van der Waals surface area contributed by atoms with Crippen molar-refractivity contribution in [1.29, 1.82) is 0 Å². The van der Waals surface area contributed by atoms with Gasteiger partial charge < -0.3 is 10.1 Å². The van der Waals surface area contributed by atoms with Crippen LogP contribution in [0.2, 0.25) is 0 Å². The van der Waals surface area contributed by atoms with Crippen molar-refractivity contribution < 1.29 is 18.7 Å². The van der Waals surface area contributed by atoms with E-state index in [9.17, 15) is 14.0 Å². The third-order valence-electron chi connectivity index (χ3n) is 3.83. The molecule has 1 N–H and O–H groups in total. The predicted octanol–water partition coefficient (Wildman–Crippen LogP) is 4.08. The van der Waals surface area contributed by atoms with E-state index in [1.54, 1.807) is 43.3 Å². The molecule has 1 fully saturated rings. The van der Waals surface area contributed by atoms with Gasteiger partial charge >= 0.3 is 6.03 Å². The van der Waals surface area contributed by atoms with Crippen LogP contribution in [0.3, 0.4) is 0 Å². The number of amides is 3. The van der Waals surface area contributed by atoms with Crippen LogP contribution >= 0.6 is 15.9 Å². The lowest BCUT2D eigenvalue weighted by Crippen LogP contribution is -2.30. The van der Waals surface area contributed by atoms with Gasteiger partial charge in [0.25, 0.3) is 5.91 Å². The second-order valence-corrected chi connectivity index (χ2v) is 6.55. The summed E-state index contributed by atoms with van der Waals surface area (Å²) in [7, 11) is 0. The van der Waals surface area contributed by atoms with Crippen molar-refractivity contribution in [1.82, 2.24) is 10.2 Å². The molecule has 134 valence electrons. The van der Waals surface area contributed by atoms with E-state index < -0.39 is 6.03 Å². The predicted molar refractivity (Wildman–Crippen MR) is 98.8 cm³/mol.